The van der Waals surface area contributed by atoms with E-state index in [1.807, 2.05) is 30.3 Å². The highest BCUT2D eigenvalue weighted by Gasteiger charge is 2.52. The number of aromatic nitrogens is 1. The molecule has 3 aliphatic rings. The highest BCUT2D eigenvalue weighted by atomic mass is 32.2. The van der Waals surface area contributed by atoms with Gasteiger partial charge in [0.1, 0.15) is 5.60 Å². The summed E-state index contributed by atoms with van der Waals surface area (Å²) in [6, 6.07) is 14.0. The molecule has 2 bridgehead atoms. The molecule has 6 rings (SSSR count). The van der Waals surface area contributed by atoms with Gasteiger partial charge in [-0.15, -0.1) is 11.3 Å². The van der Waals surface area contributed by atoms with Crippen LogP contribution in [0.25, 0.3) is 10.4 Å². The van der Waals surface area contributed by atoms with Gasteiger partial charge < -0.3 is 21.1 Å². The van der Waals surface area contributed by atoms with E-state index in [0.717, 1.165) is 54.0 Å². The summed E-state index contributed by atoms with van der Waals surface area (Å²) in [4.78, 5) is 29.6. The Balaban J connectivity index is 1.40. The topological polar surface area (TPSA) is 153 Å². The lowest BCUT2D eigenvalue weighted by molar-refractivity contribution is -0.0717. The lowest BCUT2D eigenvalue weighted by atomic mass is 9.59. The smallest absolute Gasteiger partial charge is 0.405 e. The predicted molar refractivity (Wildman–Crippen MR) is 163 cm³/mol. The molecule has 12 heteroatoms. The van der Waals surface area contributed by atoms with Gasteiger partial charge in [0, 0.05) is 34.9 Å². The lowest BCUT2D eigenvalue weighted by Gasteiger charge is -2.51. The number of nitrogens with zero attached hydrogens (tertiary/aromatic N) is 1. The average Bonchev–Trinajstić information content (AvgIpc) is 3.43. The Morgan fingerprint density at radius 3 is 2.31 bits per heavy atom. The molecule has 224 valence electrons. The molecule has 10 nitrogen and oxygen atoms in total. The van der Waals surface area contributed by atoms with E-state index in [1.54, 1.807) is 39.1 Å². The standard InChI is InChI=1S/C30H37N5O5S2/c1-28(2,3)35-42(38,39)24-17-21(34-27(37)33-18-20-7-5-4-6-8-20)9-10-22(24)23-19-32-25(41-23)29-11-14-30(15-12-29,16-13-29)40-26(31)36/h4-10,17,19,35H,11-16,18H2,1-3H3,(H2,31,36)(H2,33,34,37). The van der Waals surface area contributed by atoms with Gasteiger partial charge in [0.2, 0.25) is 10.0 Å². The fourth-order valence-corrected chi connectivity index (χ4v) is 8.88. The van der Waals surface area contributed by atoms with Crippen LogP contribution in [0.3, 0.4) is 0 Å². The van der Waals surface area contributed by atoms with E-state index in [-0.39, 0.29) is 10.3 Å². The maximum absolute atomic E-state index is 13.6. The van der Waals surface area contributed by atoms with Crippen molar-refractivity contribution in [3.05, 3.63) is 65.3 Å². The van der Waals surface area contributed by atoms with Crippen molar-refractivity contribution in [1.82, 2.24) is 15.0 Å². The number of amides is 3. The van der Waals surface area contributed by atoms with Crippen LogP contribution in [0.5, 0.6) is 0 Å². The lowest BCUT2D eigenvalue weighted by Crippen LogP contribution is -2.51. The molecule has 0 saturated heterocycles. The number of urea groups is 1. The number of fused-ring (bicyclic) bond motifs is 3. The van der Waals surface area contributed by atoms with E-state index in [1.165, 1.54) is 17.4 Å². The van der Waals surface area contributed by atoms with Crippen LogP contribution in [-0.2, 0) is 26.7 Å². The summed E-state index contributed by atoms with van der Waals surface area (Å²) >= 11 is 1.49. The molecule has 3 amide bonds. The third-order valence-electron chi connectivity index (χ3n) is 7.98. The van der Waals surface area contributed by atoms with Gasteiger partial charge in [-0.25, -0.2) is 27.7 Å². The van der Waals surface area contributed by atoms with Crippen LogP contribution in [0.1, 0.15) is 69.9 Å². The average molecular weight is 612 g/mol. The fraction of sp³-hybridized carbons (Fsp3) is 0.433. The maximum atomic E-state index is 13.6. The van der Waals surface area contributed by atoms with Gasteiger partial charge in [0.25, 0.3) is 0 Å². The van der Waals surface area contributed by atoms with Gasteiger partial charge in [0.05, 0.1) is 14.8 Å². The highest BCUT2D eigenvalue weighted by molar-refractivity contribution is 7.89. The molecule has 3 aromatic rings. The van der Waals surface area contributed by atoms with Crippen LogP contribution >= 0.6 is 11.3 Å². The molecule has 0 spiro atoms. The Bertz CT molecular complexity index is 1560. The number of primary amides is 1. The zero-order valence-electron chi connectivity index (χ0n) is 24.0. The van der Waals surface area contributed by atoms with Crippen molar-refractivity contribution in [2.75, 3.05) is 5.32 Å². The van der Waals surface area contributed by atoms with Gasteiger partial charge in [-0.05, 0) is 77.0 Å². The van der Waals surface area contributed by atoms with Crippen LogP contribution in [0.15, 0.2) is 59.6 Å². The van der Waals surface area contributed by atoms with E-state index in [2.05, 4.69) is 15.4 Å². The second-order valence-corrected chi connectivity index (χ2v) is 15.0. The van der Waals surface area contributed by atoms with Crippen molar-refractivity contribution in [2.45, 2.75) is 87.3 Å². The summed E-state index contributed by atoms with van der Waals surface area (Å²) in [6.07, 6.45) is 5.66. The third-order valence-corrected chi connectivity index (χ3v) is 11.1. The number of thiazole rings is 1. The molecule has 0 radical (unpaired) electrons. The molecule has 42 heavy (non-hydrogen) atoms. The van der Waals surface area contributed by atoms with Crippen LogP contribution in [0.2, 0.25) is 0 Å². The van der Waals surface area contributed by atoms with E-state index < -0.39 is 33.3 Å². The number of benzene rings is 2. The summed E-state index contributed by atoms with van der Waals surface area (Å²) in [7, 11) is -3.96. The summed E-state index contributed by atoms with van der Waals surface area (Å²) in [6.45, 7) is 5.67. The molecule has 3 saturated carbocycles. The summed E-state index contributed by atoms with van der Waals surface area (Å²) < 4.78 is 35.5. The van der Waals surface area contributed by atoms with Crippen molar-refractivity contribution in [2.24, 2.45) is 5.73 Å². The van der Waals surface area contributed by atoms with E-state index in [9.17, 15) is 18.0 Å². The summed E-state index contributed by atoms with van der Waals surface area (Å²) in [5, 5.41) is 6.52. The molecule has 2 aromatic carbocycles. The first-order valence-corrected chi connectivity index (χ1v) is 16.3. The molecular formula is C30H37N5O5S2. The number of carbonyl (C=O) groups excluding carboxylic acids is 2. The predicted octanol–water partition coefficient (Wildman–Crippen LogP) is 5.65. The Morgan fingerprint density at radius 1 is 1.02 bits per heavy atom. The van der Waals surface area contributed by atoms with E-state index in [4.69, 9.17) is 15.5 Å². The van der Waals surface area contributed by atoms with E-state index >= 15 is 0 Å². The normalized spacial score (nSPS) is 22.0. The number of carbonyl (C=O) groups is 2. The minimum Gasteiger partial charge on any atom is -0.443 e. The molecule has 3 fully saturated rings. The van der Waals surface area contributed by atoms with Gasteiger partial charge >= 0.3 is 12.1 Å². The number of hydrogen-bond donors (Lipinski definition) is 4. The number of sulfonamides is 1. The van der Waals surface area contributed by atoms with Gasteiger partial charge in [-0.3, -0.25) is 0 Å². The first-order chi connectivity index (χ1) is 19.8. The minimum absolute atomic E-state index is 0.0622. The van der Waals surface area contributed by atoms with Gasteiger partial charge in [0.15, 0.2) is 0 Å². The number of nitrogens with one attached hydrogen (secondary N) is 3. The third kappa shape index (κ3) is 6.61. The number of nitrogens with two attached hydrogens (primary N) is 1. The Kier molecular flexibility index (Phi) is 8.08. The monoisotopic (exact) mass is 611 g/mol. The molecule has 0 aliphatic heterocycles. The second-order valence-electron chi connectivity index (χ2n) is 12.3. The molecule has 3 aliphatic carbocycles. The van der Waals surface area contributed by atoms with Crippen LogP contribution in [-0.4, -0.2) is 36.7 Å². The van der Waals surface area contributed by atoms with Crippen molar-refractivity contribution in [1.29, 1.82) is 0 Å². The van der Waals surface area contributed by atoms with Crippen LogP contribution < -0.4 is 21.1 Å². The molecule has 1 heterocycles. The fourth-order valence-electron chi connectivity index (χ4n) is 5.92. The van der Waals surface area contributed by atoms with E-state index in [0.29, 0.717) is 17.8 Å². The first kappa shape index (κ1) is 30.0. The minimum atomic E-state index is -3.96. The second kappa shape index (κ2) is 11.3. The van der Waals surface area contributed by atoms with Crippen molar-refractivity contribution in [3.8, 4) is 10.4 Å². The zero-order valence-corrected chi connectivity index (χ0v) is 25.7. The summed E-state index contributed by atoms with van der Waals surface area (Å²) in [5.74, 6) is 0. The first-order valence-electron chi connectivity index (χ1n) is 14.0. The van der Waals surface area contributed by atoms with Crippen LogP contribution in [0, 0.1) is 0 Å². The molecule has 5 N–H and O–H groups in total. The highest BCUT2D eigenvalue weighted by Crippen LogP contribution is 2.56. The largest absolute Gasteiger partial charge is 0.443 e. The summed E-state index contributed by atoms with van der Waals surface area (Å²) in [5.41, 5.74) is 5.81. The quantitative estimate of drug-likeness (QED) is 0.258. The molecule has 0 atom stereocenters. The molecule has 0 unspecified atom stereocenters. The number of hydrogen-bond acceptors (Lipinski definition) is 7. The number of ether oxygens (including phenoxy) is 1. The number of rotatable bonds is 8. The Morgan fingerprint density at radius 2 is 1.69 bits per heavy atom. The van der Waals surface area contributed by atoms with Gasteiger partial charge in [-0.2, -0.15) is 0 Å². The number of anilines is 1. The maximum Gasteiger partial charge on any atom is 0.405 e. The Hall–Kier alpha value is -3.48. The van der Waals surface area contributed by atoms with Crippen molar-refractivity contribution >= 4 is 39.2 Å². The SMILES string of the molecule is CC(C)(C)NS(=O)(=O)c1cc(NC(=O)NCc2ccccc2)ccc1-c1cnc(C23CCC(OC(N)=O)(CC2)CC3)s1. The Labute approximate surface area is 250 Å². The van der Waals surface area contributed by atoms with Crippen LogP contribution in [0.4, 0.5) is 15.3 Å². The van der Waals surface area contributed by atoms with Crippen molar-refractivity contribution in [3.63, 3.8) is 0 Å². The molecule has 1 aromatic heterocycles. The van der Waals surface area contributed by atoms with Crippen molar-refractivity contribution < 1.29 is 22.7 Å². The molecular weight excluding hydrogens is 574 g/mol. The van der Waals surface area contributed by atoms with Gasteiger partial charge in [-0.1, -0.05) is 36.4 Å². The zero-order chi connectivity index (χ0) is 30.2.